The van der Waals surface area contributed by atoms with Gasteiger partial charge in [-0.05, 0) is 56.3 Å². The van der Waals surface area contributed by atoms with Crippen molar-refractivity contribution >= 4 is 5.91 Å². The molecular weight excluding hydrogens is 236 g/mol. The molecule has 0 aliphatic heterocycles. The molecule has 3 aliphatic carbocycles. The fourth-order valence-electron chi connectivity index (χ4n) is 4.72. The lowest BCUT2D eigenvalue weighted by Gasteiger charge is -2.22. The lowest BCUT2D eigenvalue weighted by atomic mass is 9.87. The van der Waals surface area contributed by atoms with E-state index in [0.717, 1.165) is 18.3 Å². The van der Waals surface area contributed by atoms with Crippen molar-refractivity contribution in [3.05, 3.63) is 0 Å². The molecule has 0 saturated heterocycles. The quantitative estimate of drug-likeness (QED) is 0.823. The van der Waals surface area contributed by atoms with Crippen LogP contribution in [0, 0.1) is 17.8 Å². The first-order valence-corrected chi connectivity index (χ1v) is 8.25. The molecule has 3 rings (SSSR count). The van der Waals surface area contributed by atoms with Crippen LogP contribution in [0.25, 0.3) is 0 Å². The first-order valence-electron chi connectivity index (χ1n) is 8.25. The van der Waals surface area contributed by atoms with Gasteiger partial charge in [-0.3, -0.25) is 4.79 Å². The van der Waals surface area contributed by atoms with Gasteiger partial charge < -0.3 is 11.1 Å². The Morgan fingerprint density at radius 1 is 1.00 bits per heavy atom. The Bertz CT molecular complexity index is 311. The van der Waals surface area contributed by atoms with Gasteiger partial charge in [0.15, 0.2) is 0 Å². The SMILES string of the molecule is NC1CC2CC(NC(=O)CC3CCCCC3)CC2C1. The minimum absolute atomic E-state index is 0.307. The van der Waals surface area contributed by atoms with Crippen LogP contribution in [0.2, 0.25) is 0 Å². The second kappa shape index (κ2) is 5.82. The lowest BCUT2D eigenvalue weighted by Crippen LogP contribution is -2.35. The Balaban J connectivity index is 1.41. The largest absolute Gasteiger partial charge is 0.353 e. The van der Waals surface area contributed by atoms with E-state index < -0.39 is 0 Å². The maximum Gasteiger partial charge on any atom is 0.220 e. The van der Waals surface area contributed by atoms with Gasteiger partial charge in [0.1, 0.15) is 0 Å². The number of hydrogen-bond acceptors (Lipinski definition) is 2. The molecule has 3 nitrogen and oxygen atoms in total. The van der Waals surface area contributed by atoms with E-state index in [4.69, 9.17) is 5.73 Å². The second-order valence-electron chi connectivity index (χ2n) is 7.20. The molecule has 3 N–H and O–H groups in total. The third kappa shape index (κ3) is 3.31. The summed E-state index contributed by atoms with van der Waals surface area (Å²) in [5.74, 6) is 2.54. The first kappa shape index (κ1) is 13.4. The summed E-state index contributed by atoms with van der Waals surface area (Å²) in [4.78, 5) is 12.1. The average molecular weight is 264 g/mol. The van der Waals surface area contributed by atoms with E-state index in [9.17, 15) is 4.79 Å². The molecule has 3 saturated carbocycles. The molecule has 0 aromatic rings. The smallest absolute Gasteiger partial charge is 0.220 e. The number of rotatable bonds is 3. The van der Waals surface area contributed by atoms with Crippen LogP contribution in [0.5, 0.6) is 0 Å². The van der Waals surface area contributed by atoms with Crippen LogP contribution >= 0.6 is 0 Å². The van der Waals surface area contributed by atoms with Crippen molar-refractivity contribution in [2.75, 3.05) is 0 Å². The normalized spacial score (nSPS) is 39.2. The maximum atomic E-state index is 12.1. The van der Waals surface area contributed by atoms with E-state index in [1.54, 1.807) is 0 Å². The fourth-order valence-corrected chi connectivity index (χ4v) is 4.72. The summed E-state index contributed by atoms with van der Waals surface area (Å²) in [6.07, 6.45) is 12.0. The third-order valence-electron chi connectivity index (χ3n) is 5.62. The van der Waals surface area contributed by atoms with Crippen LogP contribution in [0.15, 0.2) is 0 Å². The van der Waals surface area contributed by atoms with Crippen molar-refractivity contribution in [2.45, 2.75) is 76.3 Å². The number of carbonyl (C=O) groups is 1. The molecule has 3 fully saturated rings. The van der Waals surface area contributed by atoms with Gasteiger partial charge >= 0.3 is 0 Å². The van der Waals surface area contributed by atoms with E-state index in [0.29, 0.717) is 23.9 Å². The Morgan fingerprint density at radius 2 is 1.63 bits per heavy atom. The molecule has 0 heterocycles. The Labute approximate surface area is 116 Å². The molecular formula is C16H28N2O. The number of amides is 1. The van der Waals surface area contributed by atoms with Gasteiger partial charge in [0.2, 0.25) is 5.91 Å². The second-order valence-corrected chi connectivity index (χ2v) is 7.20. The van der Waals surface area contributed by atoms with Crippen molar-refractivity contribution in [2.24, 2.45) is 23.5 Å². The molecule has 108 valence electrons. The van der Waals surface area contributed by atoms with Crippen molar-refractivity contribution in [3.8, 4) is 0 Å². The maximum absolute atomic E-state index is 12.1. The van der Waals surface area contributed by atoms with Crippen LogP contribution in [-0.4, -0.2) is 18.0 Å². The predicted octanol–water partition coefficient (Wildman–Crippen LogP) is 2.59. The summed E-state index contributed by atoms with van der Waals surface area (Å²) < 4.78 is 0. The summed E-state index contributed by atoms with van der Waals surface area (Å²) in [6, 6.07) is 0.868. The van der Waals surface area contributed by atoms with E-state index >= 15 is 0 Å². The first-order chi connectivity index (χ1) is 9.20. The number of nitrogens with two attached hydrogens (primary N) is 1. The van der Waals surface area contributed by atoms with Crippen molar-refractivity contribution in [1.82, 2.24) is 5.32 Å². The molecule has 0 aromatic carbocycles. The third-order valence-corrected chi connectivity index (χ3v) is 5.62. The highest BCUT2D eigenvalue weighted by Crippen LogP contribution is 2.43. The molecule has 19 heavy (non-hydrogen) atoms. The molecule has 0 radical (unpaired) electrons. The lowest BCUT2D eigenvalue weighted by molar-refractivity contribution is -0.122. The zero-order valence-electron chi connectivity index (χ0n) is 11.9. The van der Waals surface area contributed by atoms with E-state index in [2.05, 4.69) is 5.32 Å². The minimum atomic E-state index is 0.307. The number of nitrogens with one attached hydrogen (secondary N) is 1. The van der Waals surface area contributed by atoms with Gasteiger partial charge in [-0.15, -0.1) is 0 Å². The summed E-state index contributed by atoms with van der Waals surface area (Å²) >= 11 is 0. The zero-order valence-corrected chi connectivity index (χ0v) is 11.9. The number of carbonyl (C=O) groups excluding carboxylic acids is 1. The van der Waals surface area contributed by atoms with Crippen LogP contribution < -0.4 is 11.1 Å². The van der Waals surface area contributed by atoms with E-state index in [-0.39, 0.29) is 0 Å². The number of hydrogen-bond donors (Lipinski definition) is 2. The number of fused-ring (bicyclic) bond motifs is 1. The minimum Gasteiger partial charge on any atom is -0.353 e. The standard InChI is InChI=1S/C16H28N2O/c17-14-7-12-9-15(10-13(12)8-14)18-16(19)6-11-4-2-1-3-5-11/h11-15H,1-10,17H2,(H,18,19). The van der Waals surface area contributed by atoms with Crippen molar-refractivity contribution < 1.29 is 4.79 Å². The Kier molecular flexibility index (Phi) is 4.11. The monoisotopic (exact) mass is 264 g/mol. The molecule has 3 aliphatic rings. The summed E-state index contributed by atoms with van der Waals surface area (Å²) in [7, 11) is 0. The Hall–Kier alpha value is -0.570. The molecule has 0 bridgehead atoms. The highest BCUT2D eigenvalue weighted by molar-refractivity contribution is 5.76. The summed E-state index contributed by atoms with van der Waals surface area (Å²) in [5, 5.41) is 3.29. The Morgan fingerprint density at radius 3 is 2.26 bits per heavy atom. The molecule has 3 heteroatoms. The van der Waals surface area contributed by atoms with Gasteiger partial charge in [-0.1, -0.05) is 19.3 Å². The topological polar surface area (TPSA) is 55.1 Å². The van der Waals surface area contributed by atoms with Crippen LogP contribution in [-0.2, 0) is 4.79 Å². The molecule has 0 aromatic heterocycles. The molecule has 1 amide bonds. The van der Waals surface area contributed by atoms with Gasteiger partial charge in [-0.25, -0.2) is 0 Å². The van der Waals surface area contributed by atoms with Crippen LogP contribution in [0.4, 0.5) is 0 Å². The van der Waals surface area contributed by atoms with Crippen LogP contribution in [0.1, 0.15) is 64.2 Å². The predicted molar refractivity (Wildman–Crippen MR) is 76.5 cm³/mol. The summed E-state index contributed by atoms with van der Waals surface area (Å²) in [5.41, 5.74) is 6.01. The van der Waals surface area contributed by atoms with Crippen LogP contribution in [0.3, 0.4) is 0 Å². The van der Waals surface area contributed by atoms with Gasteiger partial charge in [0.05, 0.1) is 0 Å². The fraction of sp³-hybridized carbons (Fsp3) is 0.938. The van der Waals surface area contributed by atoms with Crippen molar-refractivity contribution in [3.63, 3.8) is 0 Å². The van der Waals surface area contributed by atoms with E-state index in [1.165, 1.54) is 57.8 Å². The molecule has 0 spiro atoms. The zero-order chi connectivity index (χ0) is 13.2. The van der Waals surface area contributed by atoms with E-state index in [1.807, 2.05) is 0 Å². The van der Waals surface area contributed by atoms with Gasteiger partial charge in [-0.2, -0.15) is 0 Å². The molecule has 2 atom stereocenters. The average Bonchev–Trinajstić information content (AvgIpc) is 2.86. The highest BCUT2D eigenvalue weighted by atomic mass is 16.1. The van der Waals surface area contributed by atoms with Gasteiger partial charge in [0, 0.05) is 18.5 Å². The molecule has 2 unspecified atom stereocenters. The van der Waals surface area contributed by atoms with Crippen molar-refractivity contribution in [1.29, 1.82) is 0 Å². The summed E-state index contributed by atoms with van der Waals surface area (Å²) in [6.45, 7) is 0. The highest BCUT2D eigenvalue weighted by Gasteiger charge is 2.40. The van der Waals surface area contributed by atoms with Gasteiger partial charge in [0.25, 0.3) is 0 Å².